The molecule has 0 aliphatic carbocycles. The molecule has 2 aromatic rings. The van der Waals surface area contributed by atoms with Gasteiger partial charge in [-0.2, -0.15) is 4.98 Å². The third-order valence-corrected chi connectivity index (χ3v) is 8.08. The smallest absolute Gasteiger partial charge is 0.241 e. The number of carbonyl (C=O) groups is 1. The summed E-state index contributed by atoms with van der Waals surface area (Å²) in [7, 11) is -2.49. The van der Waals surface area contributed by atoms with E-state index in [2.05, 4.69) is 15.3 Å². The van der Waals surface area contributed by atoms with E-state index in [4.69, 9.17) is 10.5 Å². The second kappa shape index (κ2) is 13.1. The summed E-state index contributed by atoms with van der Waals surface area (Å²) in [6.45, 7) is 4.21. The molecule has 0 amide bonds. The fourth-order valence-corrected chi connectivity index (χ4v) is 6.06. The van der Waals surface area contributed by atoms with Crippen molar-refractivity contribution in [2.45, 2.75) is 38.6 Å². The number of nitrogens with two attached hydrogens (primary N) is 1. The summed E-state index contributed by atoms with van der Waals surface area (Å²) in [6, 6.07) is 3.16. The molecule has 13 heteroatoms. The van der Waals surface area contributed by atoms with Gasteiger partial charge in [-0.05, 0) is 57.0 Å². The number of aliphatic hydroxyl groups excluding tert-OH is 1. The maximum Gasteiger partial charge on any atom is 0.241 e. The van der Waals surface area contributed by atoms with E-state index >= 15 is 0 Å². The van der Waals surface area contributed by atoms with Gasteiger partial charge in [0.05, 0.1) is 36.8 Å². The Labute approximate surface area is 216 Å². The number of rotatable bonds is 13. The number of nitrogens with one attached hydrogen (secondary N) is 1. The van der Waals surface area contributed by atoms with Gasteiger partial charge in [0.2, 0.25) is 21.8 Å². The van der Waals surface area contributed by atoms with Crippen LogP contribution in [-0.2, 0) is 10.0 Å². The van der Waals surface area contributed by atoms with Crippen LogP contribution in [0.2, 0.25) is 0 Å². The molecular formula is C24H35FN6O5S. The minimum absolute atomic E-state index is 0.0473. The van der Waals surface area contributed by atoms with Gasteiger partial charge in [0.1, 0.15) is 17.4 Å². The van der Waals surface area contributed by atoms with Crippen molar-refractivity contribution in [1.82, 2.24) is 20.2 Å². The van der Waals surface area contributed by atoms with Crippen molar-refractivity contribution in [3.05, 3.63) is 41.3 Å². The summed E-state index contributed by atoms with van der Waals surface area (Å²) in [5.41, 5.74) is 5.98. The van der Waals surface area contributed by atoms with Crippen LogP contribution in [0.1, 0.15) is 48.5 Å². The minimum atomic E-state index is -3.85. The lowest BCUT2D eigenvalue weighted by Crippen LogP contribution is -2.48. The number of ether oxygens (including phenoxy) is 1. The predicted molar refractivity (Wildman–Crippen MR) is 139 cm³/mol. The maximum absolute atomic E-state index is 13.8. The van der Waals surface area contributed by atoms with Crippen LogP contribution in [0.4, 0.5) is 16.2 Å². The number of aromatic nitrogens is 2. The highest BCUT2D eigenvalue weighted by Crippen LogP contribution is 2.28. The molecule has 4 N–H and O–H groups in total. The first kappa shape index (κ1) is 28.7. The molecule has 1 aliphatic heterocycles. The van der Waals surface area contributed by atoms with E-state index in [-0.39, 0.29) is 47.2 Å². The van der Waals surface area contributed by atoms with Crippen molar-refractivity contribution in [3.8, 4) is 5.75 Å². The van der Waals surface area contributed by atoms with Crippen molar-refractivity contribution in [2.75, 3.05) is 55.8 Å². The molecule has 1 aromatic carbocycles. The van der Waals surface area contributed by atoms with Crippen LogP contribution in [0.5, 0.6) is 5.75 Å². The number of aliphatic hydroxyl groups is 1. The van der Waals surface area contributed by atoms with Gasteiger partial charge in [0, 0.05) is 19.3 Å². The third kappa shape index (κ3) is 7.12. The summed E-state index contributed by atoms with van der Waals surface area (Å²) in [5.74, 6) is -1.60. The number of hydrogen-bond acceptors (Lipinski definition) is 10. The van der Waals surface area contributed by atoms with Crippen LogP contribution < -0.4 is 20.1 Å². The Hall–Kier alpha value is -2.87. The Bertz CT molecular complexity index is 1180. The Kier molecular flexibility index (Phi) is 10.1. The summed E-state index contributed by atoms with van der Waals surface area (Å²) < 4.78 is 47.2. The van der Waals surface area contributed by atoms with Crippen molar-refractivity contribution in [2.24, 2.45) is 0 Å². The number of ketones is 1. The highest BCUT2D eigenvalue weighted by atomic mass is 32.2. The van der Waals surface area contributed by atoms with E-state index in [1.165, 1.54) is 29.7 Å². The first-order chi connectivity index (χ1) is 17.7. The quantitative estimate of drug-likeness (QED) is 0.252. The molecule has 0 atom stereocenters. The zero-order valence-electron chi connectivity index (χ0n) is 21.2. The second-order valence-corrected chi connectivity index (χ2v) is 10.8. The zero-order chi connectivity index (χ0) is 27.0. The van der Waals surface area contributed by atoms with Crippen LogP contribution in [0.15, 0.2) is 24.4 Å². The van der Waals surface area contributed by atoms with E-state index in [0.29, 0.717) is 45.4 Å². The average Bonchev–Trinajstić information content (AvgIpc) is 2.88. The average molecular weight is 539 g/mol. The monoisotopic (exact) mass is 538 g/mol. The molecule has 3 rings (SSSR count). The number of nitrogens with zero attached hydrogens (tertiary/aromatic N) is 4. The van der Waals surface area contributed by atoms with Crippen molar-refractivity contribution >= 4 is 27.6 Å². The van der Waals surface area contributed by atoms with Gasteiger partial charge in [-0.25, -0.2) is 22.1 Å². The maximum atomic E-state index is 13.8. The van der Waals surface area contributed by atoms with Gasteiger partial charge in [-0.3, -0.25) is 9.69 Å². The molecule has 204 valence electrons. The molecule has 0 radical (unpaired) electrons. The van der Waals surface area contributed by atoms with Gasteiger partial charge in [0.15, 0.2) is 0 Å². The number of anilines is 2. The lowest BCUT2D eigenvalue weighted by Gasteiger charge is -2.34. The summed E-state index contributed by atoms with van der Waals surface area (Å²) in [6.07, 6.45) is 3.44. The molecule has 1 aromatic heterocycles. The highest BCUT2D eigenvalue weighted by molar-refractivity contribution is 7.92. The number of methoxy groups -OCH3 is 1. The molecular weight excluding hydrogens is 503 g/mol. The highest BCUT2D eigenvalue weighted by Gasteiger charge is 2.34. The molecule has 0 spiro atoms. The molecule has 37 heavy (non-hydrogen) atoms. The van der Waals surface area contributed by atoms with Crippen LogP contribution in [0, 0.1) is 5.82 Å². The first-order valence-corrected chi connectivity index (χ1v) is 13.9. The van der Waals surface area contributed by atoms with Crippen LogP contribution in [0.3, 0.4) is 0 Å². The van der Waals surface area contributed by atoms with Gasteiger partial charge >= 0.3 is 0 Å². The standard InChI is InChI=1S/C24H35FN6O5S/c1-3-11-30(16-32)12-4-13-37(34,35)31(18-7-9-27-10-8-18)24-28-15-20(23(26)29-24)22(33)19-14-17(25)5-6-21(19)36-2/h5-6,14-15,18,27,32H,3-4,7-13,16H2,1-2H3,(H2,26,28,29). The Balaban J connectivity index is 1.90. The summed E-state index contributed by atoms with van der Waals surface area (Å²) in [5, 5.41) is 12.7. The molecule has 0 saturated carbocycles. The number of benzene rings is 1. The van der Waals surface area contributed by atoms with Gasteiger partial charge in [-0.15, -0.1) is 0 Å². The predicted octanol–water partition coefficient (Wildman–Crippen LogP) is 1.38. The van der Waals surface area contributed by atoms with Gasteiger partial charge in [-0.1, -0.05) is 6.92 Å². The van der Waals surface area contributed by atoms with Gasteiger partial charge < -0.3 is 20.9 Å². The first-order valence-electron chi connectivity index (χ1n) is 12.3. The van der Waals surface area contributed by atoms with E-state index in [1.54, 1.807) is 4.90 Å². The number of hydrogen-bond donors (Lipinski definition) is 3. The van der Waals surface area contributed by atoms with E-state index < -0.39 is 21.6 Å². The topological polar surface area (TPSA) is 151 Å². The Morgan fingerprint density at radius 3 is 2.62 bits per heavy atom. The van der Waals surface area contributed by atoms with E-state index in [9.17, 15) is 22.7 Å². The Morgan fingerprint density at radius 1 is 1.27 bits per heavy atom. The lowest BCUT2D eigenvalue weighted by molar-refractivity contribution is 0.103. The van der Waals surface area contributed by atoms with Gasteiger partial charge in [0.25, 0.3) is 0 Å². The molecule has 0 bridgehead atoms. The molecule has 1 fully saturated rings. The minimum Gasteiger partial charge on any atom is -0.496 e. The lowest BCUT2D eigenvalue weighted by atomic mass is 10.0. The van der Waals surface area contributed by atoms with Crippen LogP contribution in [-0.4, -0.2) is 86.0 Å². The summed E-state index contributed by atoms with van der Waals surface area (Å²) >= 11 is 0. The third-order valence-electron chi connectivity index (χ3n) is 6.21. The fraction of sp³-hybridized carbons (Fsp3) is 0.542. The van der Waals surface area contributed by atoms with Crippen molar-refractivity contribution < 1.29 is 27.4 Å². The number of nitrogen functional groups attached to an aromatic ring is 1. The fourth-order valence-electron chi connectivity index (χ4n) is 4.36. The molecule has 2 heterocycles. The number of halogens is 1. The SMILES string of the molecule is CCCN(CO)CCCS(=O)(=O)N(c1ncc(C(=O)c2cc(F)ccc2OC)c(N)n1)C1CCNCC1. The number of piperidine rings is 1. The molecule has 11 nitrogen and oxygen atoms in total. The van der Waals surface area contributed by atoms with Crippen LogP contribution >= 0.6 is 0 Å². The zero-order valence-corrected chi connectivity index (χ0v) is 22.0. The summed E-state index contributed by atoms with van der Waals surface area (Å²) in [4.78, 5) is 23.3. The molecule has 1 saturated heterocycles. The van der Waals surface area contributed by atoms with E-state index in [0.717, 1.165) is 12.5 Å². The normalized spacial score (nSPS) is 14.6. The van der Waals surface area contributed by atoms with E-state index in [1.807, 2.05) is 6.92 Å². The largest absolute Gasteiger partial charge is 0.496 e. The number of carbonyl (C=O) groups excluding carboxylic acids is 1. The number of sulfonamides is 1. The van der Waals surface area contributed by atoms with Crippen molar-refractivity contribution in [3.63, 3.8) is 0 Å². The molecule has 1 aliphatic rings. The van der Waals surface area contributed by atoms with Crippen LogP contribution in [0.25, 0.3) is 0 Å². The molecule has 0 unspecified atom stereocenters. The second-order valence-electron chi connectivity index (χ2n) is 8.85. The van der Waals surface area contributed by atoms with Crippen molar-refractivity contribution in [1.29, 1.82) is 0 Å². The Morgan fingerprint density at radius 2 is 2.00 bits per heavy atom.